The van der Waals surface area contributed by atoms with E-state index in [1.165, 1.54) is 0 Å². The fraction of sp³-hybridized carbons (Fsp3) is 0.167. The first kappa shape index (κ1) is 11.7. The summed E-state index contributed by atoms with van der Waals surface area (Å²) in [5.41, 5.74) is 2.34. The van der Waals surface area contributed by atoms with Crippen LogP contribution in [0.15, 0.2) is 30.3 Å². The highest BCUT2D eigenvalue weighted by atomic mass is 35.5. The Morgan fingerprint density at radius 2 is 2.06 bits per heavy atom. The molecule has 2 aromatic rings. The molecule has 0 atom stereocenters. The van der Waals surface area contributed by atoms with Crippen LogP contribution in [-0.4, -0.2) is 20.9 Å². The van der Waals surface area contributed by atoms with Gasteiger partial charge in [0.05, 0.1) is 12.1 Å². The zero-order valence-electron chi connectivity index (χ0n) is 9.22. The average Bonchev–Trinajstić information content (AvgIpc) is 2.60. The molecule has 2 rings (SSSR count). The normalized spacial score (nSPS) is 10.5. The van der Waals surface area contributed by atoms with E-state index in [-0.39, 0.29) is 6.42 Å². The van der Waals surface area contributed by atoms with Gasteiger partial charge in [0.25, 0.3) is 0 Å². The molecule has 1 aromatic heterocycles. The van der Waals surface area contributed by atoms with Gasteiger partial charge in [-0.25, -0.2) is 0 Å². The number of benzene rings is 1. The van der Waals surface area contributed by atoms with Gasteiger partial charge in [-0.3, -0.25) is 9.48 Å². The smallest absolute Gasteiger partial charge is 0.309 e. The second-order valence-electron chi connectivity index (χ2n) is 3.72. The standard InChI is InChI=1S/C12H11ClN2O2/c1-15-10(7-12(16)17)6-11(14-15)8-2-4-9(13)5-3-8/h2-6H,7H2,1H3,(H,16,17). The summed E-state index contributed by atoms with van der Waals surface area (Å²) in [6.07, 6.45) is -0.0307. The molecule has 0 radical (unpaired) electrons. The molecule has 0 amide bonds. The van der Waals surface area contributed by atoms with Crippen molar-refractivity contribution in [3.63, 3.8) is 0 Å². The first-order valence-electron chi connectivity index (χ1n) is 5.07. The number of halogens is 1. The van der Waals surface area contributed by atoms with Gasteiger partial charge < -0.3 is 5.11 Å². The summed E-state index contributed by atoms with van der Waals surface area (Å²) in [5.74, 6) is -0.865. The zero-order valence-corrected chi connectivity index (χ0v) is 9.98. The minimum Gasteiger partial charge on any atom is -0.481 e. The number of rotatable bonds is 3. The molecule has 5 heteroatoms. The summed E-state index contributed by atoms with van der Waals surface area (Å²) in [6.45, 7) is 0. The molecule has 0 aliphatic rings. The van der Waals surface area contributed by atoms with Gasteiger partial charge >= 0.3 is 5.97 Å². The van der Waals surface area contributed by atoms with Gasteiger partial charge in [0.2, 0.25) is 0 Å². The van der Waals surface area contributed by atoms with E-state index in [4.69, 9.17) is 16.7 Å². The molecule has 1 N–H and O–H groups in total. The Hall–Kier alpha value is -1.81. The van der Waals surface area contributed by atoms with Crippen molar-refractivity contribution in [3.05, 3.63) is 41.0 Å². The van der Waals surface area contributed by atoms with Crippen LogP contribution in [0.4, 0.5) is 0 Å². The summed E-state index contributed by atoms with van der Waals surface area (Å²) < 4.78 is 1.58. The lowest BCUT2D eigenvalue weighted by molar-refractivity contribution is -0.136. The topological polar surface area (TPSA) is 55.1 Å². The molecule has 0 aliphatic heterocycles. The lowest BCUT2D eigenvalue weighted by atomic mass is 10.1. The van der Waals surface area contributed by atoms with Crippen LogP contribution >= 0.6 is 11.6 Å². The van der Waals surface area contributed by atoms with Crippen molar-refractivity contribution in [3.8, 4) is 11.3 Å². The maximum Gasteiger partial charge on any atom is 0.309 e. The Balaban J connectivity index is 2.34. The van der Waals surface area contributed by atoms with E-state index in [1.54, 1.807) is 29.9 Å². The lowest BCUT2D eigenvalue weighted by Gasteiger charge is -1.95. The monoisotopic (exact) mass is 250 g/mol. The Morgan fingerprint density at radius 1 is 1.41 bits per heavy atom. The van der Waals surface area contributed by atoms with Crippen LogP contribution in [0.3, 0.4) is 0 Å². The van der Waals surface area contributed by atoms with Crippen LogP contribution in [-0.2, 0) is 18.3 Å². The zero-order chi connectivity index (χ0) is 12.4. The fourth-order valence-electron chi connectivity index (χ4n) is 1.59. The second kappa shape index (κ2) is 4.59. The largest absolute Gasteiger partial charge is 0.481 e. The number of hydrogen-bond acceptors (Lipinski definition) is 2. The van der Waals surface area contributed by atoms with E-state index in [0.717, 1.165) is 11.3 Å². The van der Waals surface area contributed by atoms with E-state index in [9.17, 15) is 4.79 Å². The maximum atomic E-state index is 10.7. The molecule has 0 fully saturated rings. The van der Waals surface area contributed by atoms with Crippen molar-refractivity contribution in [1.29, 1.82) is 0 Å². The second-order valence-corrected chi connectivity index (χ2v) is 4.16. The number of hydrogen-bond donors (Lipinski definition) is 1. The molecule has 88 valence electrons. The Kier molecular flexibility index (Phi) is 3.15. The first-order valence-corrected chi connectivity index (χ1v) is 5.44. The van der Waals surface area contributed by atoms with Crippen molar-refractivity contribution >= 4 is 17.6 Å². The number of aryl methyl sites for hydroxylation is 1. The van der Waals surface area contributed by atoms with Gasteiger partial charge in [-0.2, -0.15) is 5.10 Å². The number of carboxylic acid groups (broad SMARTS) is 1. The van der Waals surface area contributed by atoms with Crippen LogP contribution in [0.1, 0.15) is 5.69 Å². The van der Waals surface area contributed by atoms with Crippen molar-refractivity contribution in [2.45, 2.75) is 6.42 Å². The third kappa shape index (κ3) is 2.65. The molecule has 0 saturated carbocycles. The third-order valence-corrected chi connectivity index (χ3v) is 2.70. The molecule has 0 aliphatic carbocycles. The molecule has 0 unspecified atom stereocenters. The fourth-order valence-corrected chi connectivity index (χ4v) is 1.71. The molecule has 4 nitrogen and oxygen atoms in total. The van der Waals surface area contributed by atoms with Crippen molar-refractivity contribution in [2.75, 3.05) is 0 Å². The highest BCUT2D eigenvalue weighted by molar-refractivity contribution is 6.30. The number of carboxylic acids is 1. The predicted octanol–water partition coefficient (Wildman–Crippen LogP) is 2.37. The molecule has 0 spiro atoms. The summed E-state index contributed by atoms with van der Waals surface area (Å²) >= 11 is 5.80. The summed E-state index contributed by atoms with van der Waals surface area (Å²) in [7, 11) is 1.73. The third-order valence-electron chi connectivity index (χ3n) is 2.45. The van der Waals surface area contributed by atoms with Crippen LogP contribution in [0.25, 0.3) is 11.3 Å². The van der Waals surface area contributed by atoms with Gasteiger partial charge in [0, 0.05) is 23.3 Å². The van der Waals surface area contributed by atoms with Crippen LogP contribution < -0.4 is 0 Å². The molecular weight excluding hydrogens is 240 g/mol. The van der Waals surface area contributed by atoms with Gasteiger partial charge in [-0.15, -0.1) is 0 Å². The van der Waals surface area contributed by atoms with Gasteiger partial charge in [-0.1, -0.05) is 23.7 Å². The Labute approximate surface area is 103 Å². The van der Waals surface area contributed by atoms with Gasteiger partial charge in [0.1, 0.15) is 0 Å². The molecular formula is C12H11ClN2O2. The van der Waals surface area contributed by atoms with Crippen LogP contribution in [0, 0.1) is 0 Å². The number of aliphatic carboxylic acids is 1. The average molecular weight is 251 g/mol. The van der Waals surface area contributed by atoms with E-state index < -0.39 is 5.97 Å². The van der Waals surface area contributed by atoms with Gasteiger partial charge in [0.15, 0.2) is 0 Å². The first-order chi connectivity index (χ1) is 8.06. The van der Waals surface area contributed by atoms with Crippen molar-refractivity contribution < 1.29 is 9.90 Å². The quantitative estimate of drug-likeness (QED) is 0.910. The van der Waals surface area contributed by atoms with Gasteiger partial charge in [-0.05, 0) is 18.2 Å². The van der Waals surface area contributed by atoms with Crippen LogP contribution in [0.5, 0.6) is 0 Å². The van der Waals surface area contributed by atoms with Crippen molar-refractivity contribution in [1.82, 2.24) is 9.78 Å². The summed E-state index contributed by atoms with van der Waals surface area (Å²) in [4.78, 5) is 10.7. The van der Waals surface area contributed by atoms with E-state index >= 15 is 0 Å². The number of carbonyl (C=O) groups is 1. The minimum atomic E-state index is -0.865. The van der Waals surface area contributed by atoms with Crippen LogP contribution in [0.2, 0.25) is 5.02 Å². The van der Waals surface area contributed by atoms with E-state index in [2.05, 4.69) is 5.10 Å². The lowest BCUT2D eigenvalue weighted by Crippen LogP contribution is -2.05. The molecule has 1 aromatic carbocycles. The maximum absolute atomic E-state index is 10.7. The highest BCUT2D eigenvalue weighted by Crippen LogP contribution is 2.21. The SMILES string of the molecule is Cn1nc(-c2ccc(Cl)cc2)cc1CC(=O)O. The number of nitrogens with zero attached hydrogens (tertiary/aromatic N) is 2. The molecule has 1 heterocycles. The molecule has 17 heavy (non-hydrogen) atoms. The highest BCUT2D eigenvalue weighted by Gasteiger charge is 2.09. The molecule has 0 saturated heterocycles. The Bertz CT molecular complexity index is 546. The minimum absolute atomic E-state index is 0.0307. The van der Waals surface area contributed by atoms with E-state index in [1.807, 2.05) is 12.1 Å². The predicted molar refractivity (Wildman–Crippen MR) is 65.0 cm³/mol. The van der Waals surface area contributed by atoms with Crippen molar-refractivity contribution in [2.24, 2.45) is 7.05 Å². The number of aromatic nitrogens is 2. The summed E-state index contributed by atoms with van der Waals surface area (Å²) in [5, 5.41) is 13.7. The molecule has 0 bridgehead atoms. The van der Waals surface area contributed by atoms with E-state index in [0.29, 0.717) is 10.7 Å². The Morgan fingerprint density at radius 3 is 2.65 bits per heavy atom. The summed E-state index contributed by atoms with van der Waals surface area (Å²) in [6, 6.07) is 9.05.